The summed E-state index contributed by atoms with van der Waals surface area (Å²) in [6.07, 6.45) is 1.69. The minimum absolute atomic E-state index is 0.281. The van der Waals surface area contributed by atoms with E-state index >= 15 is 0 Å². The van der Waals surface area contributed by atoms with E-state index in [1.807, 2.05) is 0 Å². The Morgan fingerprint density at radius 2 is 1.30 bits per heavy atom. The molecule has 0 radical (unpaired) electrons. The monoisotopic (exact) mass is 334 g/mol. The Balaban J connectivity index is 1.95. The number of hydrogen-bond donors (Lipinski definition) is 0. The highest BCUT2D eigenvalue weighted by Gasteiger charge is 2.21. The van der Waals surface area contributed by atoms with Crippen molar-refractivity contribution in [3.63, 3.8) is 0 Å². The second kappa shape index (κ2) is 8.42. The van der Waals surface area contributed by atoms with Crippen LogP contribution >= 0.6 is 7.82 Å². The number of rotatable bonds is 8. The van der Waals surface area contributed by atoms with E-state index in [1.165, 1.54) is 30.9 Å². The van der Waals surface area contributed by atoms with Gasteiger partial charge in [-0.05, 0) is 35.1 Å². The van der Waals surface area contributed by atoms with Gasteiger partial charge < -0.3 is 0 Å². The molecule has 4 nitrogen and oxygen atoms in total. The molecule has 0 aliphatic carbocycles. The topological polar surface area (TPSA) is 44.8 Å². The van der Waals surface area contributed by atoms with Crippen LogP contribution in [0.5, 0.6) is 0 Å². The number of benzene rings is 2. The highest BCUT2D eigenvalue weighted by molar-refractivity contribution is 7.48. The van der Waals surface area contributed by atoms with Gasteiger partial charge in [0.25, 0.3) is 0 Å². The summed E-state index contributed by atoms with van der Waals surface area (Å²) < 4.78 is 26.4. The molecular weight excluding hydrogens is 311 g/mol. The molecule has 0 bridgehead atoms. The van der Waals surface area contributed by atoms with Gasteiger partial charge in [-0.25, -0.2) is 4.57 Å². The molecule has 2 aromatic carbocycles. The van der Waals surface area contributed by atoms with E-state index in [2.05, 4.69) is 55.5 Å². The number of phosphoric acid groups is 1. The van der Waals surface area contributed by atoms with Gasteiger partial charge in [0.15, 0.2) is 0 Å². The molecule has 0 atom stereocenters. The maximum Gasteiger partial charge on any atom is 0.474 e. The predicted octanol–water partition coefficient (Wildman–Crippen LogP) is 4.88. The lowest BCUT2D eigenvalue weighted by Crippen LogP contribution is -2.00. The maximum absolute atomic E-state index is 11.8. The summed E-state index contributed by atoms with van der Waals surface area (Å²) in [5.74, 6) is 0. The van der Waals surface area contributed by atoms with Gasteiger partial charge in [-0.3, -0.25) is 13.6 Å². The van der Waals surface area contributed by atoms with Gasteiger partial charge in [-0.2, -0.15) is 0 Å². The van der Waals surface area contributed by atoms with Crippen molar-refractivity contribution in [1.29, 1.82) is 0 Å². The van der Waals surface area contributed by atoms with Crippen LogP contribution < -0.4 is 0 Å². The maximum atomic E-state index is 11.8. The summed E-state index contributed by atoms with van der Waals surface area (Å²) in [6.45, 7) is 2.43. The molecule has 0 N–H and O–H groups in total. The van der Waals surface area contributed by atoms with Crippen LogP contribution in [0.1, 0.15) is 18.1 Å². The van der Waals surface area contributed by atoms with Crippen molar-refractivity contribution in [3.8, 4) is 11.1 Å². The third kappa shape index (κ3) is 5.02. The standard InChI is InChI=1S/C18H23O4P/c1-4-15-5-9-17(10-6-15)18-11-7-16(8-12-18)13-14-22-23(19,20-2)21-3/h5-12H,4,13-14H2,1-3H3. The fourth-order valence-corrected chi connectivity index (χ4v) is 2.93. The third-order valence-corrected chi connectivity index (χ3v) is 5.13. The molecule has 2 aromatic rings. The summed E-state index contributed by atoms with van der Waals surface area (Å²) in [5.41, 5.74) is 4.82. The summed E-state index contributed by atoms with van der Waals surface area (Å²) in [6, 6.07) is 16.9. The second-order valence-electron chi connectivity index (χ2n) is 5.14. The van der Waals surface area contributed by atoms with Crippen LogP contribution in [0.2, 0.25) is 0 Å². The average molecular weight is 334 g/mol. The van der Waals surface area contributed by atoms with Crippen molar-refractivity contribution in [2.45, 2.75) is 19.8 Å². The molecule has 2 rings (SSSR count). The summed E-state index contributed by atoms with van der Waals surface area (Å²) in [5, 5.41) is 0. The van der Waals surface area contributed by atoms with E-state index in [0.717, 1.165) is 12.0 Å². The minimum atomic E-state index is -3.38. The number of aryl methyl sites for hydroxylation is 1. The van der Waals surface area contributed by atoms with E-state index in [4.69, 9.17) is 13.6 Å². The van der Waals surface area contributed by atoms with Crippen LogP contribution in [-0.4, -0.2) is 20.8 Å². The highest BCUT2D eigenvalue weighted by atomic mass is 31.2. The molecule has 0 saturated carbocycles. The van der Waals surface area contributed by atoms with Crippen molar-refractivity contribution in [3.05, 3.63) is 59.7 Å². The quantitative estimate of drug-likeness (QED) is 0.646. The first-order valence-corrected chi connectivity index (χ1v) is 9.10. The van der Waals surface area contributed by atoms with Gasteiger partial charge in [0.1, 0.15) is 0 Å². The van der Waals surface area contributed by atoms with Crippen LogP contribution in [0, 0.1) is 0 Å². The SMILES string of the molecule is CCc1ccc(-c2ccc(CCOP(=O)(OC)OC)cc2)cc1. The first-order valence-electron chi connectivity index (χ1n) is 7.64. The first kappa shape index (κ1) is 17.9. The van der Waals surface area contributed by atoms with Gasteiger partial charge in [-0.1, -0.05) is 55.5 Å². The second-order valence-corrected chi connectivity index (χ2v) is 7.03. The molecule has 0 aliphatic rings. The smallest absolute Gasteiger partial charge is 0.290 e. The Hall–Kier alpha value is -1.45. The molecular formula is C18H23O4P. The first-order chi connectivity index (χ1) is 11.1. The molecule has 0 heterocycles. The number of hydrogen-bond acceptors (Lipinski definition) is 4. The molecule has 0 fully saturated rings. The Bertz CT molecular complexity index is 642. The molecule has 0 saturated heterocycles. The molecule has 0 unspecified atom stereocenters. The average Bonchev–Trinajstić information content (AvgIpc) is 2.62. The summed E-state index contributed by atoms with van der Waals surface area (Å²) >= 11 is 0. The van der Waals surface area contributed by atoms with E-state index in [0.29, 0.717) is 6.42 Å². The molecule has 5 heteroatoms. The Morgan fingerprint density at radius 3 is 1.74 bits per heavy atom. The number of phosphoric ester groups is 1. The van der Waals surface area contributed by atoms with Crippen molar-refractivity contribution in [2.75, 3.05) is 20.8 Å². The lowest BCUT2D eigenvalue weighted by atomic mass is 10.0. The van der Waals surface area contributed by atoms with Gasteiger partial charge in [-0.15, -0.1) is 0 Å². The van der Waals surface area contributed by atoms with Crippen molar-refractivity contribution in [1.82, 2.24) is 0 Å². The molecule has 0 amide bonds. The fraction of sp³-hybridized carbons (Fsp3) is 0.333. The molecule has 0 spiro atoms. The largest absolute Gasteiger partial charge is 0.474 e. The van der Waals surface area contributed by atoms with Gasteiger partial charge in [0, 0.05) is 14.2 Å². The summed E-state index contributed by atoms with van der Waals surface area (Å²) in [7, 11) is -0.767. The highest BCUT2D eigenvalue weighted by Crippen LogP contribution is 2.47. The van der Waals surface area contributed by atoms with E-state index < -0.39 is 7.82 Å². The Morgan fingerprint density at radius 1 is 0.826 bits per heavy atom. The molecule has 0 aromatic heterocycles. The zero-order chi connectivity index (χ0) is 16.7. The zero-order valence-electron chi connectivity index (χ0n) is 13.8. The van der Waals surface area contributed by atoms with Gasteiger partial charge in [0.05, 0.1) is 6.61 Å². The van der Waals surface area contributed by atoms with Crippen LogP contribution in [0.3, 0.4) is 0 Å². The molecule has 0 aliphatic heterocycles. The Kier molecular flexibility index (Phi) is 6.55. The van der Waals surface area contributed by atoms with Crippen molar-refractivity contribution >= 4 is 7.82 Å². The van der Waals surface area contributed by atoms with Crippen LogP contribution in [0.4, 0.5) is 0 Å². The summed E-state index contributed by atoms with van der Waals surface area (Å²) in [4.78, 5) is 0. The zero-order valence-corrected chi connectivity index (χ0v) is 14.7. The minimum Gasteiger partial charge on any atom is -0.290 e. The van der Waals surface area contributed by atoms with Crippen molar-refractivity contribution < 1.29 is 18.1 Å². The van der Waals surface area contributed by atoms with Crippen LogP contribution in [-0.2, 0) is 31.0 Å². The van der Waals surface area contributed by atoms with E-state index in [9.17, 15) is 4.57 Å². The normalized spacial score (nSPS) is 11.6. The molecule has 23 heavy (non-hydrogen) atoms. The van der Waals surface area contributed by atoms with Crippen LogP contribution in [0.25, 0.3) is 11.1 Å². The van der Waals surface area contributed by atoms with Crippen LogP contribution in [0.15, 0.2) is 48.5 Å². The molecule has 124 valence electrons. The predicted molar refractivity (Wildman–Crippen MR) is 92.5 cm³/mol. The van der Waals surface area contributed by atoms with E-state index in [1.54, 1.807) is 0 Å². The fourth-order valence-electron chi connectivity index (χ4n) is 2.25. The lowest BCUT2D eigenvalue weighted by Gasteiger charge is -2.13. The lowest BCUT2D eigenvalue weighted by molar-refractivity contribution is 0.153. The van der Waals surface area contributed by atoms with E-state index in [-0.39, 0.29) is 6.61 Å². The van der Waals surface area contributed by atoms with Gasteiger partial charge in [0.2, 0.25) is 0 Å². The third-order valence-electron chi connectivity index (χ3n) is 3.74. The van der Waals surface area contributed by atoms with Gasteiger partial charge >= 0.3 is 7.82 Å². The Labute approximate surface area is 138 Å². The van der Waals surface area contributed by atoms with Crippen molar-refractivity contribution in [2.24, 2.45) is 0 Å².